The van der Waals surface area contributed by atoms with Crippen molar-refractivity contribution < 1.29 is 19.1 Å². The molecule has 2 aromatic heterocycles. The van der Waals surface area contributed by atoms with E-state index < -0.39 is 6.04 Å². The molecule has 0 saturated heterocycles. The largest absolute Gasteiger partial charge is 0.382 e. The Morgan fingerprint density at radius 3 is 2.96 bits per heavy atom. The molecule has 0 aliphatic carbocycles. The Bertz CT molecular complexity index is 748. The van der Waals surface area contributed by atoms with Gasteiger partial charge in [0.25, 0.3) is 0 Å². The van der Waals surface area contributed by atoms with E-state index in [1.165, 1.54) is 4.68 Å². The van der Waals surface area contributed by atoms with Crippen LogP contribution >= 0.6 is 0 Å². The van der Waals surface area contributed by atoms with Gasteiger partial charge in [-0.3, -0.25) is 19.9 Å². The Labute approximate surface area is 143 Å². The minimum Gasteiger partial charge on any atom is -0.382 e. The monoisotopic (exact) mass is 346 g/mol. The Morgan fingerprint density at radius 2 is 2.20 bits per heavy atom. The summed E-state index contributed by atoms with van der Waals surface area (Å²) in [6.07, 6.45) is 3.12. The maximum absolute atomic E-state index is 12.5. The van der Waals surface area contributed by atoms with E-state index in [9.17, 15) is 9.59 Å². The number of rotatable bonds is 7. The minimum atomic E-state index is -0.780. The summed E-state index contributed by atoms with van der Waals surface area (Å²) < 4.78 is 11.7. The zero-order valence-corrected chi connectivity index (χ0v) is 13.6. The van der Waals surface area contributed by atoms with Crippen LogP contribution < -0.4 is 10.6 Å². The standard InChI is InChI=1S/C15H18N6O4/c1-24-6-7-25-9-12-18-15-19-13(22)8-11(21(15)20-12)14(23)17-10-2-4-16-5-3-10/h2-5,11H,6-9H2,1H3,(H,16,17,23)(H,18,19,20,22)/t11-/m0/s1. The first kappa shape index (κ1) is 17.0. The molecule has 0 aromatic carbocycles. The zero-order valence-electron chi connectivity index (χ0n) is 13.6. The molecule has 3 rings (SSSR count). The van der Waals surface area contributed by atoms with Gasteiger partial charge in [-0.25, -0.2) is 4.68 Å². The predicted octanol–water partition coefficient (Wildman–Crippen LogP) is 0.358. The third-order valence-corrected chi connectivity index (χ3v) is 3.51. The summed E-state index contributed by atoms with van der Waals surface area (Å²) >= 11 is 0. The Kier molecular flexibility index (Phi) is 5.31. The van der Waals surface area contributed by atoms with Crippen molar-refractivity contribution in [1.82, 2.24) is 19.7 Å². The summed E-state index contributed by atoms with van der Waals surface area (Å²) in [4.78, 5) is 32.5. The lowest BCUT2D eigenvalue weighted by Crippen LogP contribution is -2.36. The zero-order chi connectivity index (χ0) is 17.6. The Balaban J connectivity index is 1.72. The first-order chi connectivity index (χ1) is 12.2. The van der Waals surface area contributed by atoms with Crippen molar-refractivity contribution in [2.24, 2.45) is 0 Å². The highest BCUT2D eigenvalue weighted by atomic mass is 16.5. The van der Waals surface area contributed by atoms with Gasteiger partial charge in [-0.15, -0.1) is 0 Å². The molecule has 2 amide bonds. The molecular formula is C15H18N6O4. The minimum absolute atomic E-state index is 0.0166. The van der Waals surface area contributed by atoms with Crippen LogP contribution in [0.1, 0.15) is 18.3 Å². The lowest BCUT2D eigenvalue weighted by atomic mass is 10.1. The van der Waals surface area contributed by atoms with Crippen LogP contribution in [0.5, 0.6) is 0 Å². The third kappa shape index (κ3) is 4.17. The molecule has 0 fully saturated rings. The fourth-order valence-electron chi connectivity index (χ4n) is 2.34. The number of nitrogens with one attached hydrogen (secondary N) is 2. The second-order valence-corrected chi connectivity index (χ2v) is 5.33. The topological polar surface area (TPSA) is 120 Å². The molecule has 132 valence electrons. The van der Waals surface area contributed by atoms with Crippen LogP contribution in [0, 0.1) is 0 Å². The van der Waals surface area contributed by atoms with Crippen molar-refractivity contribution in [2.45, 2.75) is 19.1 Å². The van der Waals surface area contributed by atoms with Crippen molar-refractivity contribution in [2.75, 3.05) is 31.0 Å². The van der Waals surface area contributed by atoms with E-state index in [1.54, 1.807) is 31.6 Å². The van der Waals surface area contributed by atoms with Crippen LogP contribution in [0.2, 0.25) is 0 Å². The molecule has 0 saturated carbocycles. The van der Waals surface area contributed by atoms with Gasteiger partial charge in [0.2, 0.25) is 17.8 Å². The quantitative estimate of drug-likeness (QED) is 0.694. The van der Waals surface area contributed by atoms with E-state index in [4.69, 9.17) is 9.47 Å². The number of pyridine rings is 1. The molecule has 10 heteroatoms. The molecule has 10 nitrogen and oxygen atoms in total. The molecule has 0 unspecified atom stereocenters. The van der Waals surface area contributed by atoms with Crippen LogP contribution in [-0.2, 0) is 25.7 Å². The third-order valence-electron chi connectivity index (χ3n) is 3.51. The normalized spacial score (nSPS) is 16.2. The van der Waals surface area contributed by atoms with E-state index in [2.05, 4.69) is 25.7 Å². The van der Waals surface area contributed by atoms with Crippen molar-refractivity contribution >= 4 is 23.5 Å². The summed E-state index contributed by atoms with van der Waals surface area (Å²) in [6.45, 7) is 1.03. The molecule has 0 radical (unpaired) electrons. The second kappa shape index (κ2) is 7.81. The van der Waals surface area contributed by atoms with Gasteiger partial charge in [0, 0.05) is 25.2 Å². The number of carbonyl (C=O) groups excluding carboxylic acids is 2. The smallest absolute Gasteiger partial charge is 0.249 e. The lowest BCUT2D eigenvalue weighted by Gasteiger charge is -2.22. The van der Waals surface area contributed by atoms with E-state index in [0.717, 1.165) is 0 Å². The summed E-state index contributed by atoms with van der Waals surface area (Å²) in [6, 6.07) is 2.55. The molecule has 1 atom stereocenters. The molecule has 0 spiro atoms. The molecule has 2 aromatic rings. The first-order valence-electron chi connectivity index (χ1n) is 7.70. The van der Waals surface area contributed by atoms with E-state index in [1.807, 2.05) is 0 Å². The lowest BCUT2D eigenvalue weighted by molar-refractivity contribution is -0.125. The number of hydrogen-bond donors (Lipinski definition) is 2. The molecule has 25 heavy (non-hydrogen) atoms. The van der Waals surface area contributed by atoms with E-state index >= 15 is 0 Å². The summed E-state index contributed by atoms with van der Waals surface area (Å²) in [7, 11) is 1.58. The highest BCUT2D eigenvalue weighted by Gasteiger charge is 2.33. The number of anilines is 2. The number of hydrogen-bond acceptors (Lipinski definition) is 7. The molecule has 2 N–H and O–H groups in total. The maximum atomic E-state index is 12.5. The fourth-order valence-corrected chi connectivity index (χ4v) is 2.34. The number of methoxy groups -OCH3 is 1. The molecule has 1 aliphatic rings. The van der Waals surface area contributed by atoms with Gasteiger partial charge < -0.3 is 14.8 Å². The number of nitrogens with zero attached hydrogens (tertiary/aromatic N) is 4. The van der Waals surface area contributed by atoms with E-state index in [0.29, 0.717) is 24.7 Å². The SMILES string of the molecule is COCCOCc1nc2n(n1)[C@H](C(=O)Nc1ccncc1)CC(=O)N2. The predicted molar refractivity (Wildman–Crippen MR) is 86.7 cm³/mol. The molecule has 3 heterocycles. The number of amides is 2. The molecule has 0 bridgehead atoms. The number of aromatic nitrogens is 4. The van der Waals surface area contributed by atoms with Gasteiger partial charge in [0.05, 0.1) is 19.6 Å². The fraction of sp³-hybridized carbons (Fsp3) is 0.400. The Morgan fingerprint density at radius 1 is 1.40 bits per heavy atom. The van der Waals surface area contributed by atoms with Gasteiger partial charge in [-0.1, -0.05) is 0 Å². The second-order valence-electron chi connectivity index (χ2n) is 5.33. The van der Waals surface area contributed by atoms with Gasteiger partial charge in [0.15, 0.2) is 5.82 Å². The van der Waals surface area contributed by atoms with Crippen molar-refractivity contribution in [3.63, 3.8) is 0 Å². The van der Waals surface area contributed by atoms with Crippen molar-refractivity contribution in [1.29, 1.82) is 0 Å². The van der Waals surface area contributed by atoms with Gasteiger partial charge in [-0.2, -0.15) is 10.1 Å². The summed E-state index contributed by atoms with van der Waals surface area (Å²) in [5.74, 6) is -0.0211. The van der Waals surface area contributed by atoms with Gasteiger partial charge in [-0.05, 0) is 12.1 Å². The van der Waals surface area contributed by atoms with Crippen molar-refractivity contribution in [3.05, 3.63) is 30.4 Å². The van der Waals surface area contributed by atoms with E-state index in [-0.39, 0.29) is 30.8 Å². The summed E-state index contributed by atoms with van der Waals surface area (Å²) in [5, 5.41) is 9.64. The van der Waals surface area contributed by atoms with Crippen LogP contribution in [0.3, 0.4) is 0 Å². The van der Waals surface area contributed by atoms with Crippen LogP contribution in [0.25, 0.3) is 0 Å². The average Bonchev–Trinajstić information content (AvgIpc) is 3.01. The van der Waals surface area contributed by atoms with Crippen LogP contribution in [0.15, 0.2) is 24.5 Å². The number of ether oxygens (including phenoxy) is 2. The van der Waals surface area contributed by atoms with Crippen LogP contribution in [-0.4, -0.2) is 51.9 Å². The molecule has 1 aliphatic heterocycles. The molecular weight excluding hydrogens is 328 g/mol. The highest BCUT2D eigenvalue weighted by Crippen LogP contribution is 2.24. The Hall–Kier alpha value is -2.85. The highest BCUT2D eigenvalue weighted by molar-refractivity contribution is 6.00. The number of fused-ring (bicyclic) bond motifs is 1. The van der Waals surface area contributed by atoms with Crippen molar-refractivity contribution in [3.8, 4) is 0 Å². The maximum Gasteiger partial charge on any atom is 0.249 e. The van der Waals surface area contributed by atoms with Gasteiger partial charge in [0.1, 0.15) is 12.6 Å². The summed E-state index contributed by atoms with van der Waals surface area (Å²) in [5.41, 5.74) is 0.593. The van der Waals surface area contributed by atoms with Gasteiger partial charge >= 0.3 is 0 Å². The number of carbonyl (C=O) groups is 2. The van der Waals surface area contributed by atoms with Crippen LogP contribution in [0.4, 0.5) is 11.6 Å². The first-order valence-corrected chi connectivity index (χ1v) is 7.70. The average molecular weight is 346 g/mol.